The van der Waals surface area contributed by atoms with E-state index in [0.29, 0.717) is 38.7 Å². The first-order chi connectivity index (χ1) is 21.7. The van der Waals surface area contributed by atoms with Crippen molar-refractivity contribution < 1.29 is 28.6 Å². The fourth-order valence-corrected chi connectivity index (χ4v) is 4.15. The molecule has 0 aliphatic rings. The number of carbonyl (C=O) groups excluding carboxylic acids is 3. The molecule has 0 heterocycles. The molecule has 272 valence electrons. The van der Waals surface area contributed by atoms with E-state index in [1.54, 1.807) is 0 Å². The van der Waals surface area contributed by atoms with Crippen molar-refractivity contribution in [1.82, 2.24) is 4.90 Å². The van der Waals surface area contributed by atoms with Crippen molar-refractivity contribution in [3.63, 3.8) is 0 Å². The molecule has 1 atom stereocenters. The monoisotopic (exact) mass is 646 g/mol. The summed E-state index contributed by atoms with van der Waals surface area (Å²) in [6.07, 6.45) is 19.7. The fourth-order valence-electron chi connectivity index (χ4n) is 4.15. The maximum atomic E-state index is 12.7. The summed E-state index contributed by atoms with van der Waals surface area (Å²) in [6.45, 7) is 18.6. The van der Waals surface area contributed by atoms with E-state index in [1.165, 1.54) is 64.2 Å². The van der Waals surface area contributed by atoms with Crippen molar-refractivity contribution in [3.8, 4) is 0 Å². The Bertz CT molecular complexity index is 595. The molecule has 0 saturated carbocycles. The van der Waals surface area contributed by atoms with Crippen LogP contribution >= 0.6 is 0 Å². The molecule has 0 spiro atoms. The van der Waals surface area contributed by atoms with Crippen LogP contribution in [0, 0.1) is 5.92 Å². The van der Waals surface area contributed by atoms with Crippen molar-refractivity contribution in [3.05, 3.63) is 0 Å². The average molecular weight is 646 g/mol. The molecule has 0 aliphatic heterocycles. The second kappa shape index (κ2) is 44.5. The van der Waals surface area contributed by atoms with E-state index >= 15 is 0 Å². The molecule has 45 heavy (non-hydrogen) atoms. The minimum Gasteiger partial charge on any atom is -0.466 e. The lowest BCUT2D eigenvalue weighted by Gasteiger charge is -2.16. The van der Waals surface area contributed by atoms with Crippen LogP contribution in [-0.2, 0) is 28.6 Å². The van der Waals surface area contributed by atoms with Crippen LogP contribution in [0.4, 0.5) is 0 Å². The SMILES string of the molecule is CC.CCC.CCC.CCCCCCCCC(CCCCCC)C(=O)OCCCCC(=O)OCCCOC(=O)CCCN(C)C. The summed E-state index contributed by atoms with van der Waals surface area (Å²) < 4.78 is 15.9. The molecule has 0 aliphatic carbocycles. The van der Waals surface area contributed by atoms with Gasteiger partial charge in [-0.05, 0) is 52.7 Å². The van der Waals surface area contributed by atoms with Gasteiger partial charge in [-0.3, -0.25) is 14.4 Å². The Labute approximate surface area is 281 Å². The lowest BCUT2D eigenvalue weighted by Crippen LogP contribution is -2.19. The Balaban J connectivity index is -0.000000947. The minimum atomic E-state index is -0.263. The highest BCUT2D eigenvalue weighted by atomic mass is 16.5. The first kappa shape index (κ1) is 50.2. The summed E-state index contributed by atoms with van der Waals surface area (Å²) in [5.74, 6) is -0.530. The molecule has 0 saturated heterocycles. The predicted octanol–water partition coefficient (Wildman–Crippen LogP) is 10.7. The van der Waals surface area contributed by atoms with E-state index in [-0.39, 0.29) is 37.0 Å². The van der Waals surface area contributed by atoms with E-state index in [2.05, 4.69) is 41.5 Å². The van der Waals surface area contributed by atoms with Gasteiger partial charge in [0.15, 0.2) is 0 Å². The fraction of sp³-hybridized carbons (Fsp3) is 0.921. The minimum absolute atomic E-state index is 0.00933. The molecule has 7 nitrogen and oxygen atoms in total. The van der Waals surface area contributed by atoms with E-state index in [1.807, 2.05) is 32.8 Å². The van der Waals surface area contributed by atoms with Crippen molar-refractivity contribution in [2.24, 2.45) is 5.92 Å². The molecule has 0 fully saturated rings. The summed E-state index contributed by atoms with van der Waals surface area (Å²) in [4.78, 5) is 38.2. The van der Waals surface area contributed by atoms with Crippen LogP contribution in [-0.4, -0.2) is 63.3 Å². The largest absolute Gasteiger partial charge is 0.466 e. The third kappa shape index (κ3) is 46.9. The van der Waals surface area contributed by atoms with E-state index in [4.69, 9.17) is 14.2 Å². The normalized spacial score (nSPS) is 10.7. The third-order valence-electron chi connectivity index (χ3n) is 6.47. The molecule has 0 N–H and O–H groups in total. The smallest absolute Gasteiger partial charge is 0.308 e. The molecule has 1 unspecified atom stereocenters. The Hall–Kier alpha value is -1.63. The molecular weight excluding hydrogens is 566 g/mol. The zero-order valence-corrected chi connectivity index (χ0v) is 31.9. The molecule has 0 aromatic rings. The first-order valence-corrected chi connectivity index (χ1v) is 18.9. The Morgan fingerprint density at radius 3 is 1.38 bits per heavy atom. The molecule has 0 bridgehead atoms. The lowest BCUT2D eigenvalue weighted by atomic mass is 9.94. The number of esters is 3. The van der Waals surface area contributed by atoms with Gasteiger partial charge in [-0.15, -0.1) is 0 Å². The van der Waals surface area contributed by atoms with Crippen LogP contribution in [0.2, 0.25) is 0 Å². The van der Waals surface area contributed by atoms with Crippen molar-refractivity contribution in [2.75, 3.05) is 40.5 Å². The highest BCUT2D eigenvalue weighted by Gasteiger charge is 2.19. The highest BCUT2D eigenvalue weighted by Crippen LogP contribution is 2.20. The summed E-state index contributed by atoms with van der Waals surface area (Å²) >= 11 is 0. The molecule has 7 heteroatoms. The molecular formula is C38H79NO6. The predicted molar refractivity (Wildman–Crippen MR) is 193 cm³/mol. The number of carbonyl (C=O) groups is 3. The van der Waals surface area contributed by atoms with Crippen LogP contribution in [0.25, 0.3) is 0 Å². The van der Waals surface area contributed by atoms with E-state index < -0.39 is 0 Å². The van der Waals surface area contributed by atoms with Gasteiger partial charge in [0.25, 0.3) is 0 Å². The van der Waals surface area contributed by atoms with Gasteiger partial charge in [-0.2, -0.15) is 0 Å². The quantitative estimate of drug-likeness (QED) is 0.0526. The van der Waals surface area contributed by atoms with Crippen molar-refractivity contribution in [2.45, 2.75) is 184 Å². The molecule has 0 aromatic carbocycles. The number of unbranched alkanes of at least 4 members (excludes halogenated alkanes) is 9. The molecule has 0 rings (SSSR count). The maximum Gasteiger partial charge on any atom is 0.308 e. The zero-order valence-electron chi connectivity index (χ0n) is 31.9. The summed E-state index contributed by atoms with van der Waals surface area (Å²) in [5.41, 5.74) is 0. The van der Waals surface area contributed by atoms with Gasteiger partial charge in [0, 0.05) is 19.3 Å². The number of ether oxygens (including phenoxy) is 3. The second-order valence-corrected chi connectivity index (χ2v) is 11.8. The van der Waals surface area contributed by atoms with Gasteiger partial charge in [0.1, 0.15) is 0 Å². The van der Waals surface area contributed by atoms with Crippen LogP contribution in [0.1, 0.15) is 184 Å². The summed E-state index contributed by atoms with van der Waals surface area (Å²) in [5, 5.41) is 0. The van der Waals surface area contributed by atoms with Gasteiger partial charge in [0.2, 0.25) is 0 Å². The third-order valence-corrected chi connectivity index (χ3v) is 6.47. The Morgan fingerprint density at radius 1 is 0.511 bits per heavy atom. The lowest BCUT2D eigenvalue weighted by molar-refractivity contribution is -0.149. The summed E-state index contributed by atoms with van der Waals surface area (Å²) in [6, 6.07) is 0. The number of nitrogens with zero attached hydrogens (tertiary/aromatic N) is 1. The Morgan fingerprint density at radius 2 is 0.911 bits per heavy atom. The van der Waals surface area contributed by atoms with Crippen LogP contribution in [0.5, 0.6) is 0 Å². The van der Waals surface area contributed by atoms with Gasteiger partial charge in [0.05, 0.1) is 25.7 Å². The van der Waals surface area contributed by atoms with Gasteiger partial charge >= 0.3 is 17.9 Å². The number of hydrogen-bond donors (Lipinski definition) is 0. The van der Waals surface area contributed by atoms with Crippen molar-refractivity contribution in [1.29, 1.82) is 0 Å². The van der Waals surface area contributed by atoms with Gasteiger partial charge in [-0.1, -0.05) is 132 Å². The van der Waals surface area contributed by atoms with E-state index in [0.717, 1.165) is 38.6 Å². The first-order valence-electron chi connectivity index (χ1n) is 18.9. The van der Waals surface area contributed by atoms with Crippen molar-refractivity contribution >= 4 is 17.9 Å². The maximum absolute atomic E-state index is 12.7. The highest BCUT2D eigenvalue weighted by molar-refractivity contribution is 5.72. The van der Waals surface area contributed by atoms with E-state index in [9.17, 15) is 14.4 Å². The number of hydrogen-bond acceptors (Lipinski definition) is 7. The Kier molecular flexibility index (Phi) is 49.7. The van der Waals surface area contributed by atoms with Crippen LogP contribution in [0.15, 0.2) is 0 Å². The number of rotatable bonds is 26. The van der Waals surface area contributed by atoms with Crippen LogP contribution < -0.4 is 0 Å². The van der Waals surface area contributed by atoms with Crippen LogP contribution in [0.3, 0.4) is 0 Å². The topological polar surface area (TPSA) is 82.1 Å². The van der Waals surface area contributed by atoms with Gasteiger partial charge < -0.3 is 19.1 Å². The summed E-state index contributed by atoms with van der Waals surface area (Å²) in [7, 11) is 3.94. The molecule has 0 radical (unpaired) electrons. The second-order valence-electron chi connectivity index (χ2n) is 11.8. The van der Waals surface area contributed by atoms with Gasteiger partial charge in [-0.25, -0.2) is 0 Å². The average Bonchev–Trinajstić information content (AvgIpc) is 3.01. The zero-order chi connectivity index (χ0) is 35.0. The molecule has 0 amide bonds. The standard InChI is InChI=1S/C30H57NO6.2C3H8.C2H6/c1-5-7-9-11-12-14-20-27(19-13-10-8-6-2)30(34)37-24-16-15-21-28(32)35-25-18-26-36-29(33)22-17-23-31(3)4;2*1-3-2;1-2/h27H,5-26H2,1-4H3;2*3H2,1-2H3;1-2H3. The molecule has 0 aromatic heterocycles.